The number of nitrogens with one attached hydrogen (secondary N) is 2. The molecular formula is C16H19N3O2. The Morgan fingerprint density at radius 2 is 2.19 bits per heavy atom. The van der Waals surface area contributed by atoms with Crippen LogP contribution in [0.1, 0.15) is 11.1 Å². The zero-order valence-corrected chi connectivity index (χ0v) is 12.2. The van der Waals surface area contributed by atoms with Gasteiger partial charge in [-0.05, 0) is 36.2 Å². The molecule has 0 bridgehead atoms. The summed E-state index contributed by atoms with van der Waals surface area (Å²) in [6, 6.07) is 9.23. The molecule has 0 radical (unpaired) electrons. The van der Waals surface area contributed by atoms with E-state index in [-0.39, 0.29) is 12.5 Å². The number of hydrogen-bond acceptors (Lipinski definition) is 4. The minimum Gasteiger partial charge on any atom is -0.497 e. The highest BCUT2D eigenvalue weighted by Gasteiger charge is 2.04. The highest BCUT2D eigenvalue weighted by molar-refractivity contribution is 5.92. The molecule has 0 aliphatic heterocycles. The average molecular weight is 285 g/mol. The number of carbonyl (C=O) groups excluding carboxylic acids is 1. The van der Waals surface area contributed by atoms with Crippen LogP contribution in [0.25, 0.3) is 0 Å². The van der Waals surface area contributed by atoms with Crippen molar-refractivity contribution < 1.29 is 9.53 Å². The predicted octanol–water partition coefficient (Wildman–Crippen LogP) is 2.13. The summed E-state index contributed by atoms with van der Waals surface area (Å²) in [6.07, 6.45) is 3.56. The predicted molar refractivity (Wildman–Crippen MR) is 82.3 cm³/mol. The van der Waals surface area contributed by atoms with Crippen molar-refractivity contribution >= 4 is 11.6 Å². The summed E-state index contributed by atoms with van der Waals surface area (Å²) < 4.78 is 5.12. The van der Waals surface area contributed by atoms with Gasteiger partial charge in [-0.2, -0.15) is 0 Å². The fourth-order valence-corrected chi connectivity index (χ4v) is 1.92. The quantitative estimate of drug-likeness (QED) is 0.853. The van der Waals surface area contributed by atoms with Crippen molar-refractivity contribution in [2.75, 3.05) is 19.0 Å². The summed E-state index contributed by atoms with van der Waals surface area (Å²) in [7, 11) is 1.60. The first-order valence-electron chi connectivity index (χ1n) is 6.73. The average Bonchev–Trinajstić information content (AvgIpc) is 2.49. The van der Waals surface area contributed by atoms with E-state index in [1.807, 2.05) is 37.4 Å². The van der Waals surface area contributed by atoms with Gasteiger partial charge in [-0.3, -0.25) is 9.78 Å². The Morgan fingerprint density at radius 3 is 2.95 bits per heavy atom. The Kier molecular flexibility index (Phi) is 5.29. The second-order valence-corrected chi connectivity index (χ2v) is 4.69. The molecule has 1 amide bonds. The minimum absolute atomic E-state index is 0.0880. The molecule has 5 nitrogen and oxygen atoms in total. The number of ether oxygens (including phenoxy) is 1. The van der Waals surface area contributed by atoms with Crippen LogP contribution in [0.3, 0.4) is 0 Å². The smallest absolute Gasteiger partial charge is 0.238 e. The molecule has 2 aromatic rings. The largest absolute Gasteiger partial charge is 0.497 e. The molecular weight excluding hydrogens is 266 g/mol. The molecule has 0 fully saturated rings. The zero-order valence-electron chi connectivity index (χ0n) is 12.2. The molecule has 0 saturated carbocycles. The van der Waals surface area contributed by atoms with Crippen LogP contribution in [0, 0.1) is 6.92 Å². The second-order valence-electron chi connectivity index (χ2n) is 4.69. The zero-order chi connectivity index (χ0) is 15.1. The van der Waals surface area contributed by atoms with Crippen LogP contribution in [-0.4, -0.2) is 24.5 Å². The van der Waals surface area contributed by atoms with Crippen molar-refractivity contribution in [3.8, 4) is 5.75 Å². The van der Waals surface area contributed by atoms with Gasteiger partial charge in [0.1, 0.15) is 5.75 Å². The number of aryl methyl sites for hydroxylation is 1. The highest BCUT2D eigenvalue weighted by atomic mass is 16.5. The number of benzene rings is 1. The van der Waals surface area contributed by atoms with Crippen molar-refractivity contribution in [1.29, 1.82) is 0 Å². The van der Waals surface area contributed by atoms with Gasteiger partial charge in [-0.1, -0.05) is 6.07 Å². The Labute approximate surface area is 124 Å². The maximum Gasteiger partial charge on any atom is 0.238 e. The summed E-state index contributed by atoms with van der Waals surface area (Å²) in [5.74, 6) is 0.628. The lowest BCUT2D eigenvalue weighted by Crippen LogP contribution is -2.27. The van der Waals surface area contributed by atoms with Crippen LogP contribution in [0.5, 0.6) is 5.75 Å². The molecule has 0 spiro atoms. The first-order chi connectivity index (χ1) is 10.2. The molecule has 0 aliphatic rings. The molecule has 0 saturated heterocycles. The number of rotatable bonds is 6. The molecule has 0 aliphatic carbocycles. The lowest BCUT2D eigenvalue weighted by atomic mass is 10.1. The van der Waals surface area contributed by atoms with Crippen LogP contribution in [0.15, 0.2) is 42.7 Å². The Hall–Kier alpha value is -2.40. The third-order valence-electron chi connectivity index (χ3n) is 3.09. The first kappa shape index (κ1) is 15.0. The summed E-state index contributed by atoms with van der Waals surface area (Å²) >= 11 is 0. The van der Waals surface area contributed by atoms with Crippen molar-refractivity contribution in [2.24, 2.45) is 0 Å². The number of carbonyl (C=O) groups is 1. The van der Waals surface area contributed by atoms with Crippen molar-refractivity contribution in [3.63, 3.8) is 0 Å². The third kappa shape index (κ3) is 4.57. The number of hydrogen-bond donors (Lipinski definition) is 2. The van der Waals surface area contributed by atoms with Gasteiger partial charge in [-0.15, -0.1) is 0 Å². The normalized spacial score (nSPS) is 10.2. The number of methoxy groups -OCH3 is 1. The monoisotopic (exact) mass is 285 g/mol. The van der Waals surface area contributed by atoms with E-state index in [4.69, 9.17) is 4.74 Å². The molecule has 2 rings (SSSR count). The van der Waals surface area contributed by atoms with E-state index in [0.717, 1.165) is 16.8 Å². The lowest BCUT2D eigenvalue weighted by molar-refractivity contribution is -0.115. The van der Waals surface area contributed by atoms with Crippen molar-refractivity contribution in [3.05, 3.63) is 53.9 Å². The highest BCUT2D eigenvalue weighted by Crippen LogP contribution is 2.16. The third-order valence-corrected chi connectivity index (χ3v) is 3.09. The Bertz CT molecular complexity index is 614. The number of amides is 1. The Morgan fingerprint density at radius 1 is 1.33 bits per heavy atom. The number of pyridine rings is 1. The lowest BCUT2D eigenvalue weighted by Gasteiger charge is -2.09. The summed E-state index contributed by atoms with van der Waals surface area (Å²) in [5, 5.41) is 5.94. The molecule has 110 valence electrons. The SMILES string of the molecule is COc1cccc(NC(=O)CNCc2ccncc2C)c1. The summed E-state index contributed by atoms with van der Waals surface area (Å²) in [4.78, 5) is 15.9. The topological polar surface area (TPSA) is 63.2 Å². The van der Waals surface area contributed by atoms with Gasteiger partial charge >= 0.3 is 0 Å². The van der Waals surface area contributed by atoms with E-state index in [1.165, 1.54) is 0 Å². The molecule has 0 unspecified atom stereocenters. The first-order valence-corrected chi connectivity index (χ1v) is 6.73. The molecule has 21 heavy (non-hydrogen) atoms. The van der Waals surface area contributed by atoms with E-state index < -0.39 is 0 Å². The van der Waals surface area contributed by atoms with Gasteiger partial charge in [0.25, 0.3) is 0 Å². The maximum atomic E-state index is 11.9. The van der Waals surface area contributed by atoms with Crippen LogP contribution in [-0.2, 0) is 11.3 Å². The van der Waals surface area contributed by atoms with Gasteiger partial charge in [0, 0.05) is 30.7 Å². The summed E-state index contributed by atoms with van der Waals surface area (Å²) in [5.41, 5.74) is 2.97. The minimum atomic E-state index is -0.0880. The van der Waals surface area contributed by atoms with Crippen LogP contribution < -0.4 is 15.4 Å². The van der Waals surface area contributed by atoms with Gasteiger partial charge in [0.15, 0.2) is 0 Å². The van der Waals surface area contributed by atoms with Crippen LogP contribution >= 0.6 is 0 Å². The molecule has 5 heteroatoms. The van der Waals surface area contributed by atoms with E-state index in [0.29, 0.717) is 12.3 Å². The van der Waals surface area contributed by atoms with Gasteiger partial charge in [0.2, 0.25) is 5.91 Å². The van der Waals surface area contributed by atoms with E-state index in [1.54, 1.807) is 19.4 Å². The molecule has 1 aromatic carbocycles. The number of aromatic nitrogens is 1. The number of anilines is 1. The van der Waals surface area contributed by atoms with Crippen LogP contribution in [0.4, 0.5) is 5.69 Å². The standard InChI is InChI=1S/C16H19N3O2/c1-12-9-17-7-6-13(12)10-18-11-16(20)19-14-4-3-5-15(8-14)21-2/h3-9,18H,10-11H2,1-2H3,(H,19,20). The van der Waals surface area contributed by atoms with Gasteiger partial charge in [0.05, 0.1) is 13.7 Å². The van der Waals surface area contributed by atoms with Gasteiger partial charge < -0.3 is 15.4 Å². The molecule has 0 atom stereocenters. The summed E-state index contributed by atoms with van der Waals surface area (Å²) in [6.45, 7) is 2.89. The molecule has 1 heterocycles. The fraction of sp³-hybridized carbons (Fsp3) is 0.250. The maximum absolute atomic E-state index is 11.9. The van der Waals surface area contributed by atoms with Crippen molar-refractivity contribution in [2.45, 2.75) is 13.5 Å². The van der Waals surface area contributed by atoms with E-state index in [9.17, 15) is 4.79 Å². The van der Waals surface area contributed by atoms with Crippen LogP contribution in [0.2, 0.25) is 0 Å². The second kappa shape index (κ2) is 7.40. The molecule has 2 N–H and O–H groups in total. The Balaban J connectivity index is 1.81. The molecule has 1 aromatic heterocycles. The van der Waals surface area contributed by atoms with E-state index >= 15 is 0 Å². The number of nitrogens with zero attached hydrogens (tertiary/aromatic N) is 1. The van der Waals surface area contributed by atoms with E-state index in [2.05, 4.69) is 15.6 Å². The fourth-order valence-electron chi connectivity index (χ4n) is 1.92. The van der Waals surface area contributed by atoms with Crippen molar-refractivity contribution in [1.82, 2.24) is 10.3 Å². The van der Waals surface area contributed by atoms with Gasteiger partial charge in [-0.25, -0.2) is 0 Å².